The first-order valence-corrected chi connectivity index (χ1v) is 8.25. The van der Waals surface area contributed by atoms with E-state index in [-0.39, 0.29) is 11.9 Å². The summed E-state index contributed by atoms with van der Waals surface area (Å²) in [5.74, 6) is 0.523. The van der Waals surface area contributed by atoms with E-state index in [1.54, 1.807) is 16.7 Å². The van der Waals surface area contributed by atoms with Gasteiger partial charge < -0.3 is 10.6 Å². The number of nitrogens with two attached hydrogens (primary N) is 1. The average molecular weight is 294 g/mol. The van der Waals surface area contributed by atoms with E-state index in [0.29, 0.717) is 12.5 Å². The van der Waals surface area contributed by atoms with Crippen LogP contribution in [0.2, 0.25) is 0 Å². The maximum atomic E-state index is 12.5. The third-order valence-electron chi connectivity index (χ3n) is 3.68. The fourth-order valence-corrected chi connectivity index (χ4v) is 2.38. The molecule has 1 rings (SSSR count). The van der Waals surface area contributed by atoms with E-state index in [1.807, 2.05) is 38.4 Å². The summed E-state index contributed by atoms with van der Waals surface area (Å²) in [6, 6.07) is 6.17. The normalized spacial score (nSPS) is 12.6. The minimum atomic E-state index is 0.0781. The first kappa shape index (κ1) is 17.1. The molecule has 0 saturated carbocycles. The summed E-state index contributed by atoms with van der Waals surface area (Å²) in [6.45, 7) is 6.89. The lowest BCUT2D eigenvalue weighted by Crippen LogP contribution is -2.34. The van der Waals surface area contributed by atoms with Gasteiger partial charge in [-0.3, -0.25) is 4.79 Å². The molecule has 2 N–H and O–H groups in total. The van der Waals surface area contributed by atoms with Crippen molar-refractivity contribution in [2.75, 3.05) is 19.8 Å². The molecular weight excluding hydrogens is 268 g/mol. The lowest BCUT2D eigenvalue weighted by Gasteiger charge is -2.22. The van der Waals surface area contributed by atoms with Crippen molar-refractivity contribution in [2.45, 2.75) is 38.1 Å². The minimum absolute atomic E-state index is 0.0781. The van der Waals surface area contributed by atoms with E-state index in [4.69, 9.17) is 5.73 Å². The number of thioether (sulfide) groups is 1. The van der Waals surface area contributed by atoms with Crippen molar-refractivity contribution in [3.63, 3.8) is 0 Å². The third kappa shape index (κ3) is 4.53. The van der Waals surface area contributed by atoms with Crippen LogP contribution in [0.1, 0.15) is 36.2 Å². The Balaban J connectivity index is 2.74. The molecule has 20 heavy (non-hydrogen) atoms. The maximum absolute atomic E-state index is 12.5. The Morgan fingerprint density at radius 3 is 2.60 bits per heavy atom. The molecule has 0 heterocycles. The van der Waals surface area contributed by atoms with Crippen LogP contribution < -0.4 is 5.73 Å². The van der Waals surface area contributed by atoms with E-state index in [0.717, 1.165) is 22.4 Å². The number of benzene rings is 1. The van der Waals surface area contributed by atoms with Gasteiger partial charge in [-0.15, -0.1) is 11.8 Å². The fourth-order valence-electron chi connectivity index (χ4n) is 1.94. The minimum Gasteiger partial charge on any atom is -0.342 e. The zero-order valence-electron chi connectivity index (χ0n) is 13.1. The molecular formula is C16H26N2OS. The number of rotatable bonds is 6. The summed E-state index contributed by atoms with van der Waals surface area (Å²) in [5, 5.41) is 0. The van der Waals surface area contributed by atoms with Crippen LogP contribution in [0.4, 0.5) is 0 Å². The van der Waals surface area contributed by atoms with Gasteiger partial charge >= 0.3 is 0 Å². The summed E-state index contributed by atoms with van der Waals surface area (Å²) >= 11 is 1.65. The molecule has 0 radical (unpaired) electrons. The zero-order chi connectivity index (χ0) is 15.3. The van der Waals surface area contributed by atoms with Gasteiger partial charge in [0.25, 0.3) is 5.91 Å². The van der Waals surface area contributed by atoms with Crippen LogP contribution in [-0.4, -0.2) is 36.7 Å². The Hall–Kier alpha value is -1.00. The monoisotopic (exact) mass is 294 g/mol. The SMILES string of the molecule is CSc1ccc(C)c(C(=O)N(C)CCC(N)C(C)C)c1. The standard InChI is InChI=1S/C16H26N2OS/c1-11(2)15(17)8-9-18(4)16(19)14-10-13(20-5)7-6-12(14)3/h6-7,10-11,15H,8-9,17H2,1-5H3. The predicted octanol–water partition coefficient (Wildman–Crippen LogP) is 3.16. The average Bonchev–Trinajstić information content (AvgIpc) is 2.43. The Bertz CT molecular complexity index is 460. The third-order valence-corrected chi connectivity index (χ3v) is 4.40. The molecule has 0 spiro atoms. The Kier molecular flexibility index (Phi) is 6.56. The Morgan fingerprint density at radius 1 is 1.40 bits per heavy atom. The van der Waals surface area contributed by atoms with Crippen LogP contribution in [0.25, 0.3) is 0 Å². The maximum Gasteiger partial charge on any atom is 0.253 e. The van der Waals surface area contributed by atoms with E-state index in [2.05, 4.69) is 13.8 Å². The van der Waals surface area contributed by atoms with Gasteiger partial charge in [0.05, 0.1) is 0 Å². The molecule has 0 bridgehead atoms. The highest BCUT2D eigenvalue weighted by Gasteiger charge is 2.16. The van der Waals surface area contributed by atoms with Gasteiger partial charge in [-0.05, 0) is 43.2 Å². The number of amides is 1. The molecule has 0 aliphatic rings. The highest BCUT2D eigenvalue weighted by atomic mass is 32.2. The molecule has 3 nitrogen and oxygen atoms in total. The lowest BCUT2D eigenvalue weighted by molar-refractivity contribution is 0.0788. The number of hydrogen-bond acceptors (Lipinski definition) is 3. The predicted molar refractivity (Wildman–Crippen MR) is 87.4 cm³/mol. The summed E-state index contributed by atoms with van der Waals surface area (Å²) in [6.07, 6.45) is 2.85. The molecule has 1 atom stereocenters. The van der Waals surface area contributed by atoms with E-state index < -0.39 is 0 Å². The molecule has 0 aromatic heterocycles. The van der Waals surface area contributed by atoms with Crippen molar-refractivity contribution < 1.29 is 4.79 Å². The van der Waals surface area contributed by atoms with Crippen LogP contribution >= 0.6 is 11.8 Å². The Labute approximate surface area is 126 Å². The van der Waals surface area contributed by atoms with Gasteiger partial charge in [0.1, 0.15) is 0 Å². The molecule has 0 aliphatic heterocycles. The quantitative estimate of drug-likeness (QED) is 0.820. The number of nitrogens with zero attached hydrogens (tertiary/aromatic N) is 1. The second-order valence-corrected chi connectivity index (χ2v) is 6.48. The molecule has 0 saturated heterocycles. The largest absolute Gasteiger partial charge is 0.342 e. The van der Waals surface area contributed by atoms with E-state index in [1.165, 1.54) is 0 Å². The van der Waals surface area contributed by atoms with Crippen molar-refractivity contribution in [1.82, 2.24) is 4.90 Å². The second-order valence-electron chi connectivity index (χ2n) is 5.60. The van der Waals surface area contributed by atoms with Crippen molar-refractivity contribution >= 4 is 17.7 Å². The zero-order valence-corrected chi connectivity index (χ0v) is 14.0. The van der Waals surface area contributed by atoms with E-state index in [9.17, 15) is 4.79 Å². The summed E-state index contributed by atoms with van der Waals surface area (Å²) < 4.78 is 0. The van der Waals surface area contributed by atoms with Gasteiger partial charge in [0, 0.05) is 30.1 Å². The number of carbonyl (C=O) groups excluding carboxylic acids is 1. The molecule has 1 aromatic rings. The van der Waals surface area contributed by atoms with Gasteiger partial charge in [-0.2, -0.15) is 0 Å². The molecule has 4 heteroatoms. The molecule has 0 fully saturated rings. The van der Waals surface area contributed by atoms with Gasteiger partial charge in [0.15, 0.2) is 0 Å². The lowest BCUT2D eigenvalue weighted by atomic mass is 10.0. The molecule has 0 aliphatic carbocycles. The first-order chi connectivity index (χ1) is 9.36. The highest BCUT2D eigenvalue weighted by Crippen LogP contribution is 2.20. The van der Waals surface area contributed by atoms with Crippen LogP contribution in [0.15, 0.2) is 23.1 Å². The Morgan fingerprint density at radius 2 is 2.05 bits per heavy atom. The second kappa shape index (κ2) is 7.70. The van der Waals surface area contributed by atoms with Crippen LogP contribution in [0.5, 0.6) is 0 Å². The summed E-state index contributed by atoms with van der Waals surface area (Å²) in [7, 11) is 1.85. The number of aryl methyl sites for hydroxylation is 1. The summed E-state index contributed by atoms with van der Waals surface area (Å²) in [5.41, 5.74) is 7.85. The van der Waals surface area contributed by atoms with E-state index >= 15 is 0 Å². The molecule has 1 aromatic carbocycles. The molecule has 1 unspecified atom stereocenters. The van der Waals surface area contributed by atoms with Gasteiger partial charge in [-0.1, -0.05) is 19.9 Å². The van der Waals surface area contributed by atoms with Gasteiger partial charge in [0.2, 0.25) is 0 Å². The van der Waals surface area contributed by atoms with Gasteiger partial charge in [-0.25, -0.2) is 0 Å². The van der Waals surface area contributed by atoms with Crippen molar-refractivity contribution in [2.24, 2.45) is 11.7 Å². The highest BCUT2D eigenvalue weighted by molar-refractivity contribution is 7.98. The van der Waals surface area contributed by atoms with Crippen LogP contribution in [0.3, 0.4) is 0 Å². The van der Waals surface area contributed by atoms with Crippen molar-refractivity contribution in [1.29, 1.82) is 0 Å². The first-order valence-electron chi connectivity index (χ1n) is 7.02. The topological polar surface area (TPSA) is 46.3 Å². The van der Waals surface area contributed by atoms with Crippen molar-refractivity contribution in [3.8, 4) is 0 Å². The van der Waals surface area contributed by atoms with Crippen LogP contribution in [0, 0.1) is 12.8 Å². The molecule has 1 amide bonds. The van der Waals surface area contributed by atoms with Crippen LogP contribution in [-0.2, 0) is 0 Å². The fraction of sp³-hybridized carbons (Fsp3) is 0.562. The van der Waals surface area contributed by atoms with Crippen molar-refractivity contribution in [3.05, 3.63) is 29.3 Å². The molecule has 112 valence electrons. The summed E-state index contributed by atoms with van der Waals surface area (Å²) in [4.78, 5) is 15.4. The number of carbonyl (C=O) groups is 1. The smallest absolute Gasteiger partial charge is 0.253 e. The number of hydrogen-bond donors (Lipinski definition) is 1.